The molecule has 0 unspecified atom stereocenters. The molecule has 0 fully saturated rings. The Labute approximate surface area is 128 Å². The van der Waals surface area contributed by atoms with Gasteiger partial charge in [0.05, 0.1) is 16.3 Å². The first-order valence-corrected chi connectivity index (χ1v) is 7.40. The van der Waals surface area contributed by atoms with Gasteiger partial charge in [0, 0.05) is 10.0 Å². The van der Waals surface area contributed by atoms with E-state index in [1.807, 2.05) is 18.2 Å². The van der Waals surface area contributed by atoms with Gasteiger partial charge in [-0.2, -0.15) is 0 Å². The largest absolute Gasteiger partial charge is 0.496 e. The Morgan fingerprint density at radius 2 is 2.16 bits per heavy atom. The van der Waals surface area contributed by atoms with Crippen LogP contribution in [0.25, 0.3) is 6.08 Å². The van der Waals surface area contributed by atoms with E-state index in [1.54, 1.807) is 25.3 Å². The van der Waals surface area contributed by atoms with E-state index in [0.717, 1.165) is 15.8 Å². The molecule has 19 heavy (non-hydrogen) atoms. The van der Waals surface area contributed by atoms with Crippen molar-refractivity contribution in [1.29, 1.82) is 0 Å². The SMILES string of the molecule is COc1ccc(Br)cc1C=CC(=O)c1ccc(Cl)s1. The van der Waals surface area contributed by atoms with Crippen LogP contribution in [0, 0.1) is 0 Å². The zero-order chi connectivity index (χ0) is 13.8. The Morgan fingerprint density at radius 3 is 2.79 bits per heavy atom. The van der Waals surface area contributed by atoms with Crippen LogP contribution in [0.1, 0.15) is 15.2 Å². The summed E-state index contributed by atoms with van der Waals surface area (Å²) in [4.78, 5) is 12.5. The number of thiophene rings is 1. The first-order chi connectivity index (χ1) is 9.10. The first kappa shape index (κ1) is 14.3. The topological polar surface area (TPSA) is 26.3 Å². The Hall–Kier alpha value is -1.10. The Kier molecular flexibility index (Phi) is 4.80. The lowest BCUT2D eigenvalue weighted by Crippen LogP contribution is -1.90. The van der Waals surface area contributed by atoms with Gasteiger partial charge in [0.2, 0.25) is 0 Å². The second-order valence-corrected chi connectivity index (χ2v) is 6.32. The van der Waals surface area contributed by atoms with Gasteiger partial charge in [-0.05, 0) is 42.5 Å². The van der Waals surface area contributed by atoms with E-state index < -0.39 is 0 Å². The molecule has 0 aliphatic rings. The summed E-state index contributed by atoms with van der Waals surface area (Å²) < 4.78 is 6.78. The molecule has 1 heterocycles. The van der Waals surface area contributed by atoms with Gasteiger partial charge in [-0.3, -0.25) is 4.79 Å². The number of benzene rings is 1. The quantitative estimate of drug-likeness (QED) is 0.564. The molecular weight excluding hydrogens is 348 g/mol. The molecule has 2 aromatic rings. The van der Waals surface area contributed by atoms with Crippen molar-refractivity contribution in [2.45, 2.75) is 0 Å². The standard InChI is InChI=1S/C14H10BrClO2S/c1-18-12-5-3-10(15)8-9(12)2-4-11(17)13-6-7-14(16)19-13/h2-8H,1H3. The fourth-order valence-corrected chi connectivity index (χ4v) is 2.87. The summed E-state index contributed by atoms with van der Waals surface area (Å²) in [7, 11) is 1.60. The highest BCUT2D eigenvalue weighted by Crippen LogP contribution is 2.25. The molecule has 0 spiro atoms. The molecule has 2 nitrogen and oxygen atoms in total. The van der Waals surface area contributed by atoms with Crippen LogP contribution in [0.4, 0.5) is 0 Å². The summed E-state index contributed by atoms with van der Waals surface area (Å²) in [5.41, 5.74) is 0.841. The van der Waals surface area contributed by atoms with Crippen molar-refractivity contribution in [3.8, 4) is 5.75 Å². The van der Waals surface area contributed by atoms with Crippen molar-refractivity contribution < 1.29 is 9.53 Å². The molecule has 0 saturated carbocycles. The highest BCUT2D eigenvalue weighted by atomic mass is 79.9. The van der Waals surface area contributed by atoms with E-state index in [9.17, 15) is 4.79 Å². The van der Waals surface area contributed by atoms with Gasteiger partial charge in [0.15, 0.2) is 5.78 Å². The highest BCUT2D eigenvalue weighted by Gasteiger charge is 2.06. The van der Waals surface area contributed by atoms with Crippen molar-refractivity contribution in [3.63, 3.8) is 0 Å². The number of carbonyl (C=O) groups excluding carboxylic acids is 1. The highest BCUT2D eigenvalue weighted by molar-refractivity contribution is 9.10. The lowest BCUT2D eigenvalue weighted by molar-refractivity contribution is 0.105. The minimum atomic E-state index is -0.0704. The third-order valence-corrected chi connectivity index (χ3v) is 4.16. The molecule has 0 aliphatic heterocycles. The normalized spacial score (nSPS) is 10.9. The minimum Gasteiger partial charge on any atom is -0.496 e. The van der Waals surface area contributed by atoms with Crippen molar-refractivity contribution >= 4 is 50.7 Å². The molecule has 1 aromatic heterocycles. The number of hydrogen-bond donors (Lipinski definition) is 0. The molecule has 0 bridgehead atoms. The van der Waals surface area contributed by atoms with Gasteiger partial charge in [-0.1, -0.05) is 27.5 Å². The van der Waals surface area contributed by atoms with Crippen LogP contribution in [0.15, 0.2) is 40.9 Å². The lowest BCUT2D eigenvalue weighted by atomic mass is 10.1. The molecule has 0 saturated heterocycles. The molecule has 1 aromatic carbocycles. The summed E-state index contributed by atoms with van der Waals surface area (Å²) in [6.45, 7) is 0. The number of ketones is 1. The van der Waals surface area contributed by atoms with Crippen molar-refractivity contribution in [2.75, 3.05) is 7.11 Å². The maximum atomic E-state index is 11.9. The monoisotopic (exact) mass is 356 g/mol. The molecule has 0 N–H and O–H groups in total. The molecule has 5 heteroatoms. The summed E-state index contributed by atoms with van der Waals surface area (Å²) in [5, 5.41) is 0. The Bertz CT molecular complexity index is 634. The van der Waals surface area contributed by atoms with Crippen LogP contribution in [-0.4, -0.2) is 12.9 Å². The van der Waals surface area contributed by atoms with Crippen LogP contribution >= 0.6 is 38.9 Å². The van der Waals surface area contributed by atoms with Gasteiger partial charge in [-0.15, -0.1) is 11.3 Å². The summed E-state index contributed by atoms with van der Waals surface area (Å²) in [6, 6.07) is 9.06. The molecule has 0 amide bonds. The predicted octanol–water partition coefficient (Wildman–Crippen LogP) is 5.07. The lowest BCUT2D eigenvalue weighted by Gasteiger charge is -2.04. The Balaban J connectivity index is 2.23. The third kappa shape index (κ3) is 3.69. The van der Waals surface area contributed by atoms with Gasteiger partial charge in [0.1, 0.15) is 5.75 Å². The number of allylic oxidation sites excluding steroid dienone is 1. The van der Waals surface area contributed by atoms with E-state index in [0.29, 0.717) is 9.21 Å². The van der Waals surface area contributed by atoms with Crippen LogP contribution in [0.3, 0.4) is 0 Å². The minimum absolute atomic E-state index is 0.0704. The molecule has 0 radical (unpaired) electrons. The number of ether oxygens (including phenoxy) is 1. The van der Waals surface area contributed by atoms with Gasteiger partial charge >= 0.3 is 0 Å². The number of rotatable bonds is 4. The number of methoxy groups -OCH3 is 1. The average molecular weight is 358 g/mol. The van der Waals surface area contributed by atoms with Crippen LogP contribution < -0.4 is 4.74 Å². The van der Waals surface area contributed by atoms with Crippen LogP contribution in [0.5, 0.6) is 5.75 Å². The fourth-order valence-electron chi connectivity index (χ4n) is 1.53. The molecule has 0 atom stereocenters. The smallest absolute Gasteiger partial charge is 0.195 e. The zero-order valence-electron chi connectivity index (χ0n) is 10.0. The maximum absolute atomic E-state index is 11.9. The predicted molar refractivity (Wildman–Crippen MR) is 83.4 cm³/mol. The van der Waals surface area contributed by atoms with Crippen LogP contribution in [-0.2, 0) is 0 Å². The van der Waals surface area contributed by atoms with E-state index in [2.05, 4.69) is 15.9 Å². The van der Waals surface area contributed by atoms with Gasteiger partial charge < -0.3 is 4.74 Å². The number of halogens is 2. The van der Waals surface area contributed by atoms with Crippen LogP contribution in [0.2, 0.25) is 4.34 Å². The average Bonchev–Trinajstić information content (AvgIpc) is 2.83. The second-order valence-electron chi connectivity index (χ2n) is 3.69. The fraction of sp³-hybridized carbons (Fsp3) is 0.0714. The van der Waals surface area contributed by atoms with Gasteiger partial charge in [-0.25, -0.2) is 0 Å². The molecule has 98 valence electrons. The molecular formula is C14H10BrClO2S. The summed E-state index contributed by atoms with van der Waals surface area (Å²) in [5.74, 6) is 0.649. The summed E-state index contributed by atoms with van der Waals surface area (Å²) in [6.07, 6.45) is 3.26. The second kappa shape index (κ2) is 6.37. The molecule has 0 aliphatic carbocycles. The zero-order valence-corrected chi connectivity index (χ0v) is 13.2. The van der Waals surface area contributed by atoms with Crippen molar-refractivity contribution in [2.24, 2.45) is 0 Å². The van der Waals surface area contributed by atoms with Crippen molar-refractivity contribution in [3.05, 3.63) is 55.7 Å². The van der Waals surface area contributed by atoms with E-state index >= 15 is 0 Å². The first-order valence-electron chi connectivity index (χ1n) is 5.41. The summed E-state index contributed by atoms with van der Waals surface area (Å²) >= 11 is 10.5. The van der Waals surface area contributed by atoms with E-state index in [4.69, 9.17) is 16.3 Å². The third-order valence-electron chi connectivity index (χ3n) is 2.42. The van der Waals surface area contributed by atoms with Gasteiger partial charge in [0.25, 0.3) is 0 Å². The Morgan fingerprint density at radius 1 is 1.37 bits per heavy atom. The van der Waals surface area contributed by atoms with E-state index in [-0.39, 0.29) is 5.78 Å². The molecule has 2 rings (SSSR count). The number of hydrogen-bond acceptors (Lipinski definition) is 3. The van der Waals surface area contributed by atoms with Crippen molar-refractivity contribution in [1.82, 2.24) is 0 Å². The number of carbonyl (C=O) groups is 1. The maximum Gasteiger partial charge on any atom is 0.195 e. The van der Waals surface area contributed by atoms with E-state index in [1.165, 1.54) is 17.4 Å².